The van der Waals surface area contributed by atoms with Gasteiger partial charge in [-0.2, -0.15) is 0 Å². The molecule has 2 fully saturated rings. The number of nitrogens with one attached hydrogen (secondary N) is 1. The van der Waals surface area contributed by atoms with E-state index in [9.17, 15) is 4.79 Å². The largest absolute Gasteiger partial charge is 0.440 e. The molecule has 146 valence electrons. The first-order chi connectivity index (χ1) is 13.5. The van der Waals surface area contributed by atoms with Gasteiger partial charge in [0.1, 0.15) is 5.76 Å². The molecule has 2 aliphatic rings. The highest BCUT2D eigenvalue weighted by Gasteiger charge is 2.26. The first-order valence-electron chi connectivity index (χ1n) is 8.37. The second-order valence-electron chi connectivity index (χ2n) is 5.96. The van der Waals surface area contributed by atoms with Crippen molar-refractivity contribution < 1.29 is 13.9 Å². The van der Waals surface area contributed by atoms with Crippen molar-refractivity contribution in [1.29, 1.82) is 0 Å². The van der Waals surface area contributed by atoms with Crippen LogP contribution in [0.1, 0.15) is 5.76 Å². The van der Waals surface area contributed by atoms with Gasteiger partial charge in [0, 0.05) is 25.2 Å². The number of carbonyl (C=O) groups excluding carboxylic acids is 1. The minimum absolute atomic E-state index is 0.248. The lowest BCUT2D eigenvalue weighted by atomic mass is 10.3. The van der Waals surface area contributed by atoms with Gasteiger partial charge in [-0.25, -0.2) is 4.99 Å². The van der Waals surface area contributed by atoms with Crippen LogP contribution in [0.25, 0.3) is 6.08 Å². The van der Waals surface area contributed by atoms with E-state index in [0.29, 0.717) is 44.8 Å². The Kier molecular flexibility index (Phi) is 6.03. The molecule has 0 unspecified atom stereocenters. The molecule has 2 aromatic rings. The third-order valence-electron chi connectivity index (χ3n) is 4.06. The minimum atomic E-state index is -0.248. The Bertz CT molecular complexity index is 986. The summed E-state index contributed by atoms with van der Waals surface area (Å²) in [6.07, 6.45) is 1.69. The summed E-state index contributed by atoms with van der Waals surface area (Å²) in [6, 6.07) is 7.00. The quantitative estimate of drug-likeness (QED) is 0.593. The highest BCUT2D eigenvalue weighted by atomic mass is 79.9. The van der Waals surface area contributed by atoms with Crippen LogP contribution in [0, 0.1) is 0 Å². The van der Waals surface area contributed by atoms with Gasteiger partial charge in [-0.3, -0.25) is 4.79 Å². The van der Waals surface area contributed by atoms with Crippen molar-refractivity contribution in [2.45, 2.75) is 0 Å². The van der Waals surface area contributed by atoms with Crippen LogP contribution in [0.4, 0.5) is 11.6 Å². The number of furan rings is 1. The predicted octanol–water partition coefficient (Wildman–Crippen LogP) is 5.08. The lowest BCUT2D eigenvalue weighted by Crippen LogP contribution is -2.36. The molecule has 0 aliphatic carbocycles. The molecule has 2 saturated heterocycles. The molecule has 0 bridgehead atoms. The molecule has 1 N–H and O–H groups in total. The van der Waals surface area contributed by atoms with Gasteiger partial charge in [0.2, 0.25) is 5.88 Å². The number of thioether (sulfide) groups is 1. The van der Waals surface area contributed by atoms with Crippen molar-refractivity contribution in [2.24, 2.45) is 4.99 Å². The number of carbonyl (C=O) groups is 1. The van der Waals surface area contributed by atoms with Crippen LogP contribution in [-0.4, -0.2) is 37.4 Å². The number of hydrogen-bond donors (Lipinski definition) is 1. The van der Waals surface area contributed by atoms with E-state index in [4.69, 9.17) is 32.4 Å². The molecule has 3 heterocycles. The Balaban J connectivity index is 1.55. The second-order valence-corrected chi connectivity index (χ2v) is 8.63. The Morgan fingerprint density at radius 2 is 2.07 bits per heavy atom. The molecule has 1 aromatic carbocycles. The number of rotatable bonds is 3. The minimum Gasteiger partial charge on any atom is -0.440 e. The van der Waals surface area contributed by atoms with E-state index in [1.54, 1.807) is 24.3 Å². The zero-order chi connectivity index (χ0) is 19.7. The van der Waals surface area contributed by atoms with Crippen LogP contribution in [0.3, 0.4) is 0 Å². The number of amides is 1. The van der Waals surface area contributed by atoms with Crippen molar-refractivity contribution in [1.82, 2.24) is 5.32 Å². The number of hydrogen-bond acceptors (Lipinski definition) is 6. The zero-order valence-electron chi connectivity index (χ0n) is 14.4. The first kappa shape index (κ1) is 19.8. The van der Waals surface area contributed by atoms with Crippen LogP contribution in [0.15, 0.2) is 43.1 Å². The fraction of sp³-hybridized carbons (Fsp3) is 0.222. The van der Waals surface area contributed by atoms with E-state index < -0.39 is 0 Å². The average Bonchev–Trinajstić information content (AvgIpc) is 3.22. The number of benzene rings is 1. The molecule has 0 atom stereocenters. The van der Waals surface area contributed by atoms with Gasteiger partial charge in [-0.05, 0) is 39.8 Å². The third-order valence-corrected chi connectivity index (χ3v) is 6.35. The summed E-state index contributed by atoms with van der Waals surface area (Å²) in [4.78, 5) is 19.3. The van der Waals surface area contributed by atoms with Crippen LogP contribution in [0.5, 0.6) is 0 Å². The van der Waals surface area contributed by atoms with Gasteiger partial charge in [0.05, 0.1) is 38.3 Å². The number of anilines is 1. The van der Waals surface area contributed by atoms with E-state index in [0.717, 1.165) is 23.4 Å². The Morgan fingerprint density at radius 3 is 2.86 bits per heavy atom. The molecular weight excluding hydrogens is 489 g/mol. The lowest BCUT2D eigenvalue weighted by molar-refractivity contribution is -0.115. The van der Waals surface area contributed by atoms with Crippen molar-refractivity contribution in [3.63, 3.8) is 0 Å². The SMILES string of the molecule is O=C1NC(=Nc2cccc(Cl)c2Cl)S/C1=C\c1cc(Br)c(N2CCOCC2)o1. The van der Waals surface area contributed by atoms with Crippen LogP contribution < -0.4 is 10.2 Å². The second kappa shape index (κ2) is 8.51. The molecule has 1 amide bonds. The van der Waals surface area contributed by atoms with Crippen LogP contribution in [-0.2, 0) is 9.53 Å². The number of ether oxygens (including phenoxy) is 1. The summed E-state index contributed by atoms with van der Waals surface area (Å²) >= 11 is 16.9. The van der Waals surface area contributed by atoms with Gasteiger partial charge >= 0.3 is 0 Å². The maximum absolute atomic E-state index is 12.3. The van der Waals surface area contributed by atoms with Crippen LogP contribution in [0.2, 0.25) is 10.0 Å². The molecule has 4 rings (SSSR count). The zero-order valence-corrected chi connectivity index (χ0v) is 18.3. The molecule has 2 aliphatic heterocycles. The monoisotopic (exact) mass is 501 g/mol. The average molecular weight is 503 g/mol. The molecule has 1 aromatic heterocycles. The maximum atomic E-state index is 12.3. The van der Waals surface area contributed by atoms with Gasteiger partial charge in [-0.1, -0.05) is 29.3 Å². The van der Waals surface area contributed by atoms with E-state index in [1.807, 2.05) is 6.07 Å². The summed E-state index contributed by atoms with van der Waals surface area (Å²) in [6.45, 7) is 2.84. The topological polar surface area (TPSA) is 67.1 Å². The number of morpholine rings is 1. The van der Waals surface area contributed by atoms with Crippen molar-refractivity contribution in [3.8, 4) is 0 Å². The lowest BCUT2D eigenvalue weighted by Gasteiger charge is -2.26. The highest BCUT2D eigenvalue weighted by molar-refractivity contribution is 9.10. The summed E-state index contributed by atoms with van der Waals surface area (Å²) < 4.78 is 12.1. The fourth-order valence-corrected chi connectivity index (χ4v) is 4.44. The molecule has 0 saturated carbocycles. The normalized spacial score (nSPS) is 20.2. The predicted molar refractivity (Wildman–Crippen MR) is 117 cm³/mol. The molecule has 10 heteroatoms. The standard InChI is InChI=1S/C18H14BrCl2N3O3S/c19-11-8-10(27-17(11)24-4-6-26-7-5-24)9-14-16(25)23-18(28-14)22-13-3-1-2-12(20)15(13)21/h1-3,8-9H,4-7H2,(H,22,23,25)/b14-9-. The van der Waals surface area contributed by atoms with Gasteiger partial charge in [0.25, 0.3) is 5.91 Å². The number of aliphatic imine (C=N–C) groups is 1. The molecule has 28 heavy (non-hydrogen) atoms. The van der Waals surface area contributed by atoms with E-state index in [-0.39, 0.29) is 5.91 Å². The fourth-order valence-electron chi connectivity index (χ4n) is 2.73. The first-order valence-corrected chi connectivity index (χ1v) is 10.7. The smallest absolute Gasteiger partial charge is 0.264 e. The van der Waals surface area contributed by atoms with Gasteiger partial charge < -0.3 is 19.4 Å². The summed E-state index contributed by atoms with van der Waals surface area (Å²) in [5.74, 6) is 1.06. The summed E-state index contributed by atoms with van der Waals surface area (Å²) in [5, 5.41) is 3.91. The number of amidine groups is 1. The van der Waals surface area contributed by atoms with Crippen molar-refractivity contribution in [2.75, 3.05) is 31.2 Å². The number of halogens is 3. The van der Waals surface area contributed by atoms with Gasteiger partial charge in [0.15, 0.2) is 5.17 Å². The van der Waals surface area contributed by atoms with Crippen molar-refractivity contribution in [3.05, 3.63) is 49.4 Å². The molecule has 6 nitrogen and oxygen atoms in total. The maximum Gasteiger partial charge on any atom is 0.264 e. The van der Waals surface area contributed by atoms with E-state index >= 15 is 0 Å². The van der Waals surface area contributed by atoms with E-state index in [1.165, 1.54) is 11.8 Å². The highest BCUT2D eigenvalue weighted by Crippen LogP contribution is 2.36. The Labute approximate surface area is 184 Å². The summed E-state index contributed by atoms with van der Waals surface area (Å²) in [7, 11) is 0. The molecular formula is C18H14BrCl2N3O3S. The van der Waals surface area contributed by atoms with Crippen molar-refractivity contribution >= 4 is 79.6 Å². The van der Waals surface area contributed by atoms with Gasteiger partial charge in [-0.15, -0.1) is 0 Å². The van der Waals surface area contributed by atoms with E-state index in [2.05, 4.69) is 31.1 Å². The number of nitrogens with zero attached hydrogens (tertiary/aromatic N) is 2. The molecule has 0 spiro atoms. The Hall–Kier alpha value is -1.45. The molecule has 0 radical (unpaired) electrons. The third kappa shape index (κ3) is 4.26. The Morgan fingerprint density at radius 1 is 1.29 bits per heavy atom. The summed E-state index contributed by atoms with van der Waals surface area (Å²) in [5.41, 5.74) is 0.494. The van der Waals surface area contributed by atoms with Crippen LogP contribution >= 0.6 is 50.9 Å².